The van der Waals surface area contributed by atoms with Crippen LogP contribution in [0.25, 0.3) is 0 Å². The SMILES string of the molecule is CCN(CCCCl)C(=O)C1(C)CCCS1. The Morgan fingerprint density at radius 1 is 1.60 bits per heavy atom. The summed E-state index contributed by atoms with van der Waals surface area (Å²) in [6.07, 6.45) is 3.08. The highest BCUT2D eigenvalue weighted by atomic mass is 35.5. The van der Waals surface area contributed by atoms with Gasteiger partial charge in [0.05, 0.1) is 4.75 Å². The molecule has 0 radical (unpaired) electrons. The van der Waals surface area contributed by atoms with Crippen LogP contribution in [0.1, 0.15) is 33.1 Å². The highest BCUT2D eigenvalue weighted by molar-refractivity contribution is 8.01. The molecule has 1 fully saturated rings. The van der Waals surface area contributed by atoms with Gasteiger partial charge in [0.25, 0.3) is 0 Å². The summed E-state index contributed by atoms with van der Waals surface area (Å²) in [4.78, 5) is 14.2. The molecule has 1 aliphatic rings. The largest absolute Gasteiger partial charge is 0.342 e. The van der Waals surface area contributed by atoms with Gasteiger partial charge in [-0.1, -0.05) is 0 Å². The smallest absolute Gasteiger partial charge is 0.238 e. The van der Waals surface area contributed by atoms with Gasteiger partial charge in [0.2, 0.25) is 5.91 Å². The van der Waals surface area contributed by atoms with Crippen molar-refractivity contribution in [1.29, 1.82) is 0 Å². The van der Waals surface area contributed by atoms with Crippen LogP contribution in [0.4, 0.5) is 0 Å². The molecule has 4 heteroatoms. The summed E-state index contributed by atoms with van der Waals surface area (Å²) in [5, 5.41) is 0. The predicted octanol–water partition coefficient (Wildman–Crippen LogP) is 2.75. The Balaban J connectivity index is 2.55. The number of nitrogens with zero attached hydrogens (tertiary/aromatic N) is 1. The molecule has 1 heterocycles. The Kier molecular flexibility index (Phi) is 5.27. The molecule has 2 nitrogen and oxygen atoms in total. The van der Waals surface area contributed by atoms with Gasteiger partial charge in [0.15, 0.2) is 0 Å². The molecule has 0 aromatic rings. The summed E-state index contributed by atoms with van der Waals surface area (Å²) in [6, 6.07) is 0. The van der Waals surface area contributed by atoms with Crippen LogP contribution in [0, 0.1) is 0 Å². The van der Waals surface area contributed by atoms with Gasteiger partial charge >= 0.3 is 0 Å². The molecule has 15 heavy (non-hydrogen) atoms. The van der Waals surface area contributed by atoms with Gasteiger partial charge in [-0.15, -0.1) is 23.4 Å². The van der Waals surface area contributed by atoms with Gasteiger partial charge in [0, 0.05) is 19.0 Å². The van der Waals surface area contributed by atoms with Gasteiger partial charge in [-0.25, -0.2) is 0 Å². The van der Waals surface area contributed by atoms with Crippen molar-refractivity contribution in [3.05, 3.63) is 0 Å². The second-order valence-corrected chi connectivity index (χ2v) is 6.09. The Hall–Kier alpha value is 0.110. The quantitative estimate of drug-likeness (QED) is 0.699. The Morgan fingerprint density at radius 2 is 2.33 bits per heavy atom. The lowest BCUT2D eigenvalue weighted by Crippen LogP contribution is -2.44. The van der Waals surface area contributed by atoms with Crippen LogP contribution in [0.3, 0.4) is 0 Å². The molecular weight excluding hydrogens is 230 g/mol. The monoisotopic (exact) mass is 249 g/mol. The van der Waals surface area contributed by atoms with Crippen LogP contribution in [0.2, 0.25) is 0 Å². The van der Waals surface area contributed by atoms with Crippen molar-refractivity contribution in [1.82, 2.24) is 4.90 Å². The van der Waals surface area contributed by atoms with Crippen molar-refractivity contribution in [2.45, 2.75) is 37.9 Å². The zero-order valence-corrected chi connectivity index (χ0v) is 11.2. The van der Waals surface area contributed by atoms with E-state index in [0.717, 1.165) is 31.7 Å². The Bertz CT molecular complexity index is 217. The number of alkyl halides is 1. The van der Waals surface area contributed by atoms with Crippen LogP contribution >= 0.6 is 23.4 Å². The minimum atomic E-state index is -0.164. The number of hydrogen-bond acceptors (Lipinski definition) is 2. The maximum atomic E-state index is 12.3. The molecule has 0 spiro atoms. The van der Waals surface area contributed by atoms with Crippen molar-refractivity contribution < 1.29 is 4.79 Å². The van der Waals surface area contributed by atoms with E-state index in [1.54, 1.807) is 11.8 Å². The van der Waals surface area contributed by atoms with Crippen molar-refractivity contribution in [3.8, 4) is 0 Å². The topological polar surface area (TPSA) is 20.3 Å². The lowest BCUT2D eigenvalue weighted by atomic mass is 10.0. The number of amides is 1. The van der Waals surface area contributed by atoms with Gasteiger partial charge in [-0.05, 0) is 38.9 Å². The zero-order valence-electron chi connectivity index (χ0n) is 9.59. The number of thioether (sulfide) groups is 1. The maximum absolute atomic E-state index is 12.3. The number of halogens is 1. The normalized spacial score (nSPS) is 25.5. The molecule has 1 rings (SSSR count). The molecule has 0 aliphatic carbocycles. The van der Waals surface area contributed by atoms with E-state index in [-0.39, 0.29) is 4.75 Å². The molecular formula is C11H20ClNOS. The molecule has 1 saturated heterocycles. The van der Waals surface area contributed by atoms with E-state index in [1.165, 1.54) is 6.42 Å². The second kappa shape index (κ2) is 6.00. The fraction of sp³-hybridized carbons (Fsp3) is 0.909. The minimum Gasteiger partial charge on any atom is -0.342 e. The standard InChI is InChI=1S/C11H20ClNOS/c1-3-13(8-5-7-12)10(14)11(2)6-4-9-15-11/h3-9H2,1-2H3. The highest BCUT2D eigenvalue weighted by Gasteiger charge is 2.39. The Morgan fingerprint density at radius 3 is 2.80 bits per heavy atom. The molecule has 88 valence electrons. The lowest BCUT2D eigenvalue weighted by Gasteiger charge is -2.30. The third kappa shape index (κ3) is 3.28. The summed E-state index contributed by atoms with van der Waals surface area (Å²) in [6.45, 7) is 5.71. The van der Waals surface area contributed by atoms with Crippen molar-refractivity contribution in [2.75, 3.05) is 24.7 Å². The summed E-state index contributed by atoms with van der Waals surface area (Å²) < 4.78 is -0.164. The van der Waals surface area contributed by atoms with Crippen LogP contribution in [0.5, 0.6) is 0 Å². The van der Waals surface area contributed by atoms with E-state index >= 15 is 0 Å². The number of carbonyl (C=O) groups is 1. The van der Waals surface area contributed by atoms with Crippen LogP contribution < -0.4 is 0 Å². The molecule has 0 bridgehead atoms. The molecule has 1 amide bonds. The fourth-order valence-corrected chi connectivity index (χ4v) is 3.34. The van der Waals surface area contributed by atoms with Gasteiger partial charge in [-0.2, -0.15) is 0 Å². The molecule has 0 saturated carbocycles. The molecule has 0 N–H and O–H groups in total. The second-order valence-electron chi connectivity index (χ2n) is 4.11. The lowest BCUT2D eigenvalue weighted by molar-refractivity contribution is -0.133. The van der Waals surface area contributed by atoms with E-state index in [1.807, 2.05) is 11.8 Å². The molecule has 1 atom stereocenters. The number of rotatable bonds is 5. The number of carbonyl (C=O) groups excluding carboxylic acids is 1. The van der Waals surface area contributed by atoms with Crippen LogP contribution in [-0.4, -0.2) is 40.3 Å². The highest BCUT2D eigenvalue weighted by Crippen LogP contribution is 2.39. The zero-order chi connectivity index (χ0) is 11.3. The summed E-state index contributed by atoms with van der Waals surface area (Å²) in [7, 11) is 0. The van der Waals surface area contributed by atoms with Gasteiger partial charge < -0.3 is 4.90 Å². The summed E-state index contributed by atoms with van der Waals surface area (Å²) in [5.74, 6) is 2.06. The van der Waals surface area contributed by atoms with E-state index in [2.05, 4.69) is 6.92 Å². The van der Waals surface area contributed by atoms with Crippen molar-refractivity contribution >= 4 is 29.3 Å². The molecule has 1 aliphatic heterocycles. The van der Waals surface area contributed by atoms with Crippen LogP contribution in [-0.2, 0) is 4.79 Å². The first kappa shape index (κ1) is 13.2. The first-order chi connectivity index (χ1) is 7.14. The van der Waals surface area contributed by atoms with E-state index in [9.17, 15) is 4.79 Å². The average Bonchev–Trinajstić information content (AvgIpc) is 2.67. The van der Waals surface area contributed by atoms with Gasteiger partial charge in [-0.3, -0.25) is 4.79 Å². The predicted molar refractivity (Wildman–Crippen MR) is 67.7 cm³/mol. The number of hydrogen-bond donors (Lipinski definition) is 0. The third-order valence-electron chi connectivity index (χ3n) is 2.90. The molecule has 0 aromatic carbocycles. The van der Waals surface area contributed by atoms with Crippen molar-refractivity contribution in [3.63, 3.8) is 0 Å². The first-order valence-corrected chi connectivity index (χ1v) is 7.15. The Labute approximate surface area is 102 Å². The van der Waals surface area contributed by atoms with Crippen molar-refractivity contribution in [2.24, 2.45) is 0 Å². The first-order valence-electron chi connectivity index (χ1n) is 5.63. The maximum Gasteiger partial charge on any atom is 0.238 e. The fourth-order valence-electron chi connectivity index (χ4n) is 1.94. The summed E-state index contributed by atoms with van der Waals surface area (Å²) in [5.41, 5.74) is 0. The third-order valence-corrected chi connectivity index (χ3v) is 4.68. The van der Waals surface area contributed by atoms with Gasteiger partial charge in [0.1, 0.15) is 0 Å². The molecule has 1 unspecified atom stereocenters. The minimum absolute atomic E-state index is 0.164. The van der Waals surface area contributed by atoms with E-state index in [0.29, 0.717) is 11.8 Å². The average molecular weight is 250 g/mol. The van der Waals surface area contributed by atoms with E-state index in [4.69, 9.17) is 11.6 Å². The molecule has 0 aromatic heterocycles. The van der Waals surface area contributed by atoms with E-state index < -0.39 is 0 Å². The summed E-state index contributed by atoms with van der Waals surface area (Å²) >= 11 is 7.46. The van der Waals surface area contributed by atoms with Crippen LogP contribution in [0.15, 0.2) is 0 Å².